The van der Waals surface area contributed by atoms with Crippen molar-refractivity contribution in [3.63, 3.8) is 0 Å². The van der Waals surface area contributed by atoms with E-state index < -0.39 is 0 Å². The van der Waals surface area contributed by atoms with Gasteiger partial charge in [0.2, 0.25) is 5.91 Å². The third-order valence-electron chi connectivity index (χ3n) is 4.53. The molecule has 0 atom stereocenters. The van der Waals surface area contributed by atoms with Gasteiger partial charge in [0.15, 0.2) is 0 Å². The molecule has 1 N–H and O–H groups in total. The number of ether oxygens (including phenoxy) is 2. The largest absolute Gasteiger partial charge is 0.494 e. The predicted octanol–water partition coefficient (Wildman–Crippen LogP) is 2.59. The molecule has 24 heavy (non-hydrogen) atoms. The lowest BCUT2D eigenvalue weighted by atomic mass is 9.95. The Kier molecular flexibility index (Phi) is 7.06. The molecule has 1 heterocycles. The van der Waals surface area contributed by atoms with Gasteiger partial charge in [-0.3, -0.25) is 9.69 Å². The molecule has 0 unspecified atom stereocenters. The monoisotopic (exact) mass is 334 g/mol. The summed E-state index contributed by atoms with van der Waals surface area (Å²) in [6, 6.07) is 7.86. The molecule has 1 aliphatic rings. The number of amides is 1. The summed E-state index contributed by atoms with van der Waals surface area (Å²) in [5.41, 5.74) is 1.08. The van der Waals surface area contributed by atoms with E-state index in [9.17, 15) is 4.79 Å². The Labute approximate surface area is 145 Å². The molecule has 0 radical (unpaired) electrons. The molecule has 5 nitrogen and oxygen atoms in total. The van der Waals surface area contributed by atoms with Gasteiger partial charge >= 0.3 is 0 Å². The van der Waals surface area contributed by atoms with Crippen LogP contribution in [0.5, 0.6) is 5.75 Å². The van der Waals surface area contributed by atoms with Crippen molar-refractivity contribution in [1.82, 2.24) is 10.2 Å². The molecule has 0 spiro atoms. The lowest BCUT2D eigenvalue weighted by Crippen LogP contribution is -2.50. The summed E-state index contributed by atoms with van der Waals surface area (Å²) >= 11 is 0. The Bertz CT molecular complexity index is 525. The van der Waals surface area contributed by atoms with Crippen LogP contribution in [0.4, 0.5) is 0 Å². The summed E-state index contributed by atoms with van der Waals surface area (Å²) in [6.07, 6.45) is 1.38. The Morgan fingerprint density at radius 1 is 1.33 bits per heavy atom. The molecular weight excluding hydrogens is 304 g/mol. The van der Waals surface area contributed by atoms with Gasteiger partial charge in [-0.2, -0.15) is 0 Å². The smallest absolute Gasteiger partial charge is 0.220 e. The van der Waals surface area contributed by atoms with Crippen LogP contribution in [-0.2, 0) is 16.1 Å². The second-order valence-electron chi connectivity index (χ2n) is 6.77. The second kappa shape index (κ2) is 9.04. The predicted molar refractivity (Wildman–Crippen MR) is 95.2 cm³/mol. The van der Waals surface area contributed by atoms with Gasteiger partial charge in [-0.15, -0.1) is 0 Å². The molecule has 1 aliphatic heterocycles. The van der Waals surface area contributed by atoms with E-state index >= 15 is 0 Å². The highest BCUT2D eigenvalue weighted by atomic mass is 16.5. The third kappa shape index (κ3) is 5.80. The number of morpholine rings is 1. The average molecular weight is 334 g/mol. The van der Waals surface area contributed by atoms with Gasteiger partial charge in [0, 0.05) is 31.6 Å². The maximum Gasteiger partial charge on any atom is 0.220 e. The van der Waals surface area contributed by atoms with E-state index in [1.165, 1.54) is 0 Å². The van der Waals surface area contributed by atoms with Gasteiger partial charge < -0.3 is 14.8 Å². The van der Waals surface area contributed by atoms with Gasteiger partial charge in [-0.05, 0) is 44.9 Å². The molecule has 0 bridgehead atoms. The number of hydrogen-bond donors (Lipinski definition) is 1. The molecule has 0 aromatic heterocycles. The van der Waals surface area contributed by atoms with Crippen LogP contribution in [0, 0.1) is 0 Å². The number of hydrogen-bond acceptors (Lipinski definition) is 4. The number of rotatable bonds is 8. The normalized spacial score (nSPS) is 16.0. The van der Waals surface area contributed by atoms with Crippen molar-refractivity contribution in [2.45, 2.75) is 45.7 Å². The van der Waals surface area contributed by atoms with E-state index in [4.69, 9.17) is 9.47 Å². The molecule has 0 aliphatic carbocycles. The number of nitrogens with one attached hydrogen (secondary N) is 1. The van der Waals surface area contributed by atoms with Crippen molar-refractivity contribution >= 4 is 5.91 Å². The minimum Gasteiger partial charge on any atom is -0.494 e. The first-order valence-electron chi connectivity index (χ1n) is 8.82. The first-order chi connectivity index (χ1) is 11.5. The lowest BCUT2D eigenvalue weighted by Gasteiger charge is -2.40. The van der Waals surface area contributed by atoms with Crippen molar-refractivity contribution in [1.29, 1.82) is 0 Å². The van der Waals surface area contributed by atoms with E-state index in [2.05, 4.69) is 24.1 Å². The highest BCUT2D eigenvalue weighted by Gasteiger charge is 2.28. The van der Waals surface area contributed by atoms with E-state index in [0.29, 0.717) is 19.6 Å². The zero-order valence-electron chi connectivity index (χ0n) is 15.1. The number of carbonyl (C=O) groups excluding carboxylic acids is 1. The van der Waals surface area contributed by atoms with Crippen molar-refractivity contribution in [2.75, 3.05) is 32.9 Å². The van der Waals surface area contributed by atoms with E-state index in [0.717, 1.165) is 44.0 Å². The van der Waals surface area contributed by atoms with Gasteiger partial charge in [-0.25, -0.2) is 0 Å². The summed E-state index contributed by atoms with van der Waals surface area (Å²) in [5, 5.41) is 3.01. The van der Waals surface area contributed by atoms with Gasteiger partial charge in [0.1, 0.15) is 5.75 Å². The second-order valence-corrected chi connectivity index (χ2v) is 6.77. The van der Waals surface area contributed by atoms with Crippen LogP contribution >= 0.6 is 0 Å². The molecule has 5 heteroatoms. The number of carbonyl (C=O) groups is 1. The topological polar surface area (TPSA) is 50.8 Å². The fourth-order valence-electron chi connectivity index (χ4n) is 2.95. The van der Waals surface area contributed by atoms with Crippen molar-refractivity contribution in [3.8, 4) is 5.75 Å². The molecule has 1 saturated heterocycles. The fraction of sp³-hybridized carbons (Fsp3) is 0.632. The minimum absolute atomic E-state index is 0.0238. The van der Waals surface area contributed by atoms with Crippen LogP contribution in [-0.4, -0.2) is 49.3 Å². The average Bonchev–Trinajstić information content (AvgIpc) is 2.60. The van der Waals surface area contributed by atoms with Crippen molar-refractivity contribution < 1.29 is 14.3 Å². The SMILES string of the molecule is CCOc1cccc(CNC(=O)CCC(C)(C)N2CCOCC2)c1. The molecule has 1 aromatic rings. The molecule has 134 valence electrons. The Balaban J connectivity index is 1.75. The maximum absolute atomic E-state index is 12.2. The van der Waals surface area contributed by atoms with Crippen LogP contribution in [0.3, 0.4) is 0 Å². The Morgan fingerprint density at radius 3 is 2.79 bits per heavy atom. The van der Waals surface area contributed by atoms with Crippen LogP contribution < -0.4 is 10.1 Å². The summed E-state index contributed by atoms with van der Waals surface area (Å²) in [5.74, 6) is 0.941. The van der Waals surface area contributed by atoms with Crippen molar-refractivity contribution in [2.24, 2.45) is 0 Å². The fourth-order valence-corrected chi connectivity index (χ4v) is 2.95. The summed E-state index contributed by atoms with van der Waals surface area (Å²) < 4.78 is 10.9. The van der Waals surface area contributed by atoms with Crippen LogP contribution in [0.2, 0.25) is 0 Å². The zero-order chi connectivity index (χ0) is 17.4. The molecule has 2 rings (SSSR count). The standard InChI is InChI=1S/C19H30N2O3/c1-4-24-17-7-5-6-16(14-17)15-20-18(22)8-9-19(2,3)21-10-12-23-13-11-21/h5-7,14H,4,8-13,15H2,1-3H3,(H,20,22). The van der Waals surface area contributed by atoms with E-state index in [1.807, 2.05) is 31.2 Å². The summed E-state index contributed by atoms with van der Waals surface area (Å²) in [6.45, 7) is 11.0. The number of nitrogens with zero attached hydrogens (tertiary/aromatic N) is 1. The molecule has 1 amide bonds. The Hall–Kier alpha value is -1.59. The van der Waals surface area contributed by atoms with Crippen molar-refractivity contribution in [3.05, 3.63) is 29.8 Å². The third-order valence-corrected chi connectivity index (χ3v) is 4.53. The minimum atomic E-state index is 0.0238. The van der Waals surface area contributed by atoms with Crippen LogP contribution in [0.25, 0.3) is 0 Å². The molecule has 1 aromatic carbocycles. The first-order valence-corrected chi connectivity index (χ1v) is 8.82. The Morgan fingerprint density at radius 2 is 2.08 bits per heavy atom. The van der Waals surface area contributed by atoms with E-state index in [-0.39, 0.29) is 11.4 Å². The summed E-state index contributed by atoms with van der Waals surface area (Å²) in [4.78, 5) is 14.6. The molecule has 1 fully saturated rings. The number of benzene rings is 1. The molecular formula is C19H30N2O3. The summed E-state index contributed by atoms with van der Waals surface area (Å²) in [7, 11) is 0. The highest BCUT2D eigenvalue weighted by molar-refractivity contribution is 5.75. The van der Waals surface area contributed by atoms with Crippen LogP contribution in [0.1, 0.15) is 39.2 Å². The zero-order valence-corrected chi connectivity index (χ0v) is 15.1. The molecule has 0 saturated carbocycles. The maximum atomic E-state index is 12.2. The van der Waals surface area contributed by atoms with E-state index in [1.54, 1.807) is 0 Å². The quantitative estimate of drug-likeness (QED) is 0.794. The van der Waals surface area contributed by atoms with Gasteiger partial charge in [0.05, 0.1) is 19.8 Å². The van der Waals surface area contributed by atoms with Gasteiger partial charge in [0.25, 0.3) is 0 Å². The van der Waals surface area contributed by atoms with Crippen LogP contribution in [0.15, 0.2) is 24.3 Å². The highest BCUT2D eigenvalue weighted by Crippen LogP contribution is 2.22. The lowest BCUT2D eigenvalue weighted by molar-refractivity contribution is -0.122. The van der Waals surface area contributed by atoms with Gasteiger partial charge in [-0.1, -0.05) is 12.1 Å². The first kappa shape index (κ1) is 18.7.